The molecule has 3 heteroatoms. The topological polar surface area (TPSA) is 32.7 Å². The average Bonchev–Trinajstić information content (AvgIpc) is 2.38. The van der Waals surface area contributed by atoms with Crippen molar-refractivity contribution in [3.05, 3.63) is 29.3 Å². The molecule has 1 aliphatic rings. The van der Waals surface area contributed by atoms with Gasteiger partial charge in [-0.05, 0) is 43.0 Å². The minimum absolute atomic E-state index is 0.0907. The normalized spacial score (nSPS) is 20.9. The quantitative estimate of drug-likeness (QED) is 0.889. The third-order valence-electron chi connectivity index (χ3n) is 3.66. The minimum atomic E-state index is 0.0907. The van der Waals surface area contributed by atoms with Gasteiger partial charge in [-0.25, -0.2) is 0 Å². The Labute approximate surface area is 109 Å². The van der Waals surface area contributed by atoms with Crippen molar-refractivity contribution in [2.45, 2.75) is 32.9 Å². The first-order valence-corrected chi connectivity index (χ1v) is 6.72. The Hall–Kier alpha value is -1.06. The number of piperidine rings is 1. The summed E-state index contributed by atoms with van der Waals surface area (Å²) in [4.78, 5) is 2.48. The molecule has 0 spiro atoms. The highest BCUT2D eigenvalue weighted by atomic mass is 16.5. The van der Waals surface area contributed by atoms with Crippen LogP contribution in [0.15, 0.2) is 18.2 Å². The number of benzene rings is 1. The van der Waals surface area contributed by atoms with E-state index in [1.165, 1.54) is 18.4 Å². The fourth-order valence-corrected chi connectivity index (χ4v) is 2.73. The van der Waals surface area contributed by atoms with Crippen LogP contribution in [0.25, 0.3) is 0 Å². The Morgan fingerprint density at radius 3 is 2.94 bits per heavy atom. The molecule has 1 heterocycles. The third kappa shape index (κ3) is 3.24. The van der Waals surface area contributed by atoms with E-state index in [1.807, 2.05) is 12.1 Å². The second-order valence-corrected chi connectivity index (χ2v) is 5.29. The molecule has 0 radical (unpaired) electrons. The predicted molar refractivity (Wildman–Crippen MR) is 72.6 cm³/mol. The first-order chi connectivity index (χ1) is 8.72. The van der Waals surface area contributed by atoms with Gasteiger partial charge in [0, 0.05) is 18.7 Å². The number of rotatable bonds is 4. The van der Waals surface area contributed by atoms with E-state index >= 15 is 0 Å². The fourth-order valence-electron chi connectivity index (χ4n) is 2.73. The van der Waals surface area contributed by atoms with Crippen molar-refractivity contribution in [1.29, 1.82) is 0 Å². The molecule has 1 unspecified atom stereocenters. The predicted octanol–water partition coefficient (Wildman–Crippen LogP) is 2.42. The van der Waals surface area contributed by atoms with Crippen molar-refractivity contribution in [2.75, 3.05) is 20.2 Å². The van der Waals surface area contributed by atoms with Crippen molar-refractivity contribution >= 4 is 0 Å². The Morgan fingerprint density at radius 1 is 1.44 bits per heavy atom. The first-order valence-electron chi connectivity index (χ1n) is 6.72. The van der Waals surface area contributed by atoms with Crippen molar-refractivity contribution in [2.24, 2.45) is 5.92 Å². The van der Waals surface area contributed by atoms with E-state index in [1.54, 1.807) is 7.11 Å². The Balaban J connectivity index is 2.11. The van der Waals surface area contributed by atoms with Crippen LogP contribution in [0.1, 0.15) is 30.9 Å². The fraction of sp³-hybridized carbons (Fsp3) is 0.600. The average molecular weight is 249 g/mol. The van der Waals surface area contributed by atoms with Crippen molar-refractivity contribution < 1.29 is 9.84 Å². The summed E-state index contributed by atoms with van der Waals surface area (Å²) in [6.07, 6.45) is 2.62. The molecule has 3 nitrogen and oxygen atoms in total. The van der Waals surface area contributed by atoms with Crippen LogP contribution in [0.5, 0.6) is 5.75 Å². The van der Waals surface area contributed by atoms with Crippen LogP contribution >= 0.6 is 0 Å². The van der Waals surface area contributed by atoms with Gasteiger partial charge in [-0.1, -0.05) is 13.0 Å². The second-order valence-electron chi connectivity index (χ2n) is 5.29. The van der Waals surface area contributed by atoms with Gasteiger partial charge >= 0.3 is 0 Å². The molecule has 1 aromatic rings. The van der Waals surface area contributed by atoms with E-state index in [9.17, 15) is 5.11 Å². The first kappa shape index (κ1) is 13.4. The summed E-state index contributed by atoms with van der Waals surface area (Å²) in [7, 11) is 1.70. The molecule has 0 aliphatic carbocycles. The van der Waals surface area contributed by atoms with Crippen molar-refractivity contribution in [3.63, 3.8) is 0 Å². The summed E-state index contributed by atoms with van der Waals surface area (Å²) < 4.78 is 5.40. The largest absolute Gasteiger partial charge is 0.496 e. The summed E-state index contributed by atoms with van der Waals surface area (Å²) in [5.74, 6) is 1.70. The van der Waals surface area contributed by atoms with Gasteiger partial charge in [0.05, 0.1) is 13.7 Å². The molecule has 0 amide bonds. The number of aliphatic hydroxyl groups excluding tert-OH is 1. The highest BCUT2D eigenvalue weighted by molar-refractivity contribution is 5.37. The number of ether oxygens (including phenoxy) is 1. The number of hydrogen-bond acceptors (Lipinski definition) is 3. The number of methoxy groups -OCH3 is 1. The highest BCUT2D eigenvalue weighted by Gasteiger charge is 2.17. The van der Waals surface area contributed by atoms with E-state index in [0.717, 1.165) is 36.9 Å². The van der Waals surface area contributed by atoms with Gasteiger partial charge in [0.25, 0.3) is 0 Å². The molecule has 100 valence electrons. The lowest BCUT2D eigenvalue weighted by Crippen LogP contribution is -2.33. The molecule has 0 saturated carbocycles. The summed E-state index contributed by atoms with van der Waals surface area (Å²) in [5.41, 5.74) is 2.13. The van der Waals surface area contributed by atoms with Gasteiger partial charge in [-0.15, -0.1) is 0 Å². The van der Waals surface area contributed by atoms with Crippen LogP contribution in [0, 0.1) is 5.92 Å². The zero-order valence-corrected chi connectivity index (χ0v) is 11.4. The van der Waals surface area contributed by atoms with E-state index in [-0.39, 0.29) is 6.61 Å². The molecule has 1 aliphatic heterocycles. The van der Waals surface area contributed by atoms with Gasteiger partial charge in [0.15, 0.2) is 0 Å². The maximum absolute atomic E-state index is 9.22. The van der Waals surface area contributed by atoms with E-state index in [2.05, 4.69) is 17.9 Å². The van der Waals surface area contributed by atoms with Crippen LogP contribution in [0.4, 0.5) is 0 Å². The molecule has 0 aromatic heterocycles. The molecular weight excluding hydrogens is 226 g/mol. The molecule has 0 bridgehead atoms. The number of likely N-dealkylation sites (tertiary alicyclic amines) is 1. The molecule has 18 heavy (non-hydrogen) atoms. The van der Waals surface area contributed by atoms with E-state index in [0.29, 0.717) is 0 Å². The molecule has 2 rings (SSSR count). The highest BCUT2D eigenvalue weighted by Crippen LogP contribution is 2.24. The summed E-state index contributed by atoms with van der Waals surface area (Å²) in [6, 6.07) is 5.92. The third-order valence-corrected chi connectivity index (χ3v) is 3.66. The Morgan fingerprint density at radius 2 is 2.28 bits per heavy atom. The minimum Gasteiger partial charge on any atom is -0.496 e. The Kier molecular flexibility index (Phi) is 4.61. The lowest BCUT2D eigenvalue weighted by Gasteiger charge is -2.31. The van der Waals surface area contributed by atoms with Crippen LogP contribution < -0.4 is 4.74 Å². The zero-order chi connectivity index (χ0) is 13.0. The van der Waals surface area contributed by atoms with Crippen LogP contribution in [-0.4, -0.2) is 30.2 Å². The standard InChI is InChI=1S/C15H23NO2/c1-12-4-3-7-16(9-12)10-14-8-13(11-17)5-6-15(14)18-2/h5-6,8,12,17H,3-4,7,9-11H2,1-2H3. The van der Waals surface area contributed by atoms with Gasteiger partial charge in [0.1, 0.15) is 5.75 Å². The summed E-state index contributed by atoms with van der Waals surface area (Å²) >= 11 is 0. The number of hydrogen-bond donors (Lipinski definition) is 1. The molecule has 1 aromatic carbocycles. The summed E-state index contributed by atoms with van der Waals surface area (Å²) in [5, 5.41) is 9.22. The van der Waals surface area contributed by atoms with Gasteiger partial charge in [0.2, 0.25) is 0 Å². The number of nitrogens with zero attached hydrogens (tertiary/aromatic N) is 1. The van der Waals surface area contributed by atoms with E-state index < -0.39 is 0 Å². The lowest BCUT2D eigenvalue weighted by molar-refractivity contribution is 0.175. The summed E-state index contributed by atoms with van der Waals surface area (Å²) in [6.45, 7) is 5.64. The zero-order valence-electron chi connectivity index (χ0n) is 11.4. The van der Waals surface area contributed by atoms with E-state index in [4.69, 9.17) is 4.74 Å². The van der Waals surface area contributed by atoms with Crippen molar-refractivity contribution in [1.82, 2.24) is 4.90 Å². The molecule has 1 fully saturated rings. The van der Waals surface area contributed by atoms with Gasteiger partial charge < -0.3 is 9.84 Å². The molecular formula is C15H23NO2. The van der Waals surface area contributed by atoms with Crippen LogP contribution in [-0.2, 0) is 13.2 Å². The molecule has 1 saturated heterocycles. The smallest absolute Gasteiger partial charge is 0.123 e. The molecule has 1 N–H and O–H groups in total. The Bertz CT molecular complexity index is 392. The van der Waals surface area contributed by atoms with Crippen LogP contribution in [0.3, 0.4) is 0 Å². The maximum Gasteiger partial charge on any atom is 0.123 e. The lowest BCUT2D eigenvalue weighted by atomic mass is 9.99. The second kappa shape index (κ2) is 6.21. The van der Waals surface area contributed by atoms with Gasteiger partial charge in [-0.3, -0.25) is 4.90 Å². The van der Waals surface area contributed by atoms with Crippen LogP contribution in [0.2, 0.25) is 0 Å². The van der Waals surface area contributed by atoms with Gasteiger partial charge in [-0.2, -0.15) is 0 Å². The van der Waals surface area contributed by atoms with Crippen molar-refractivity contribution in [3.8, 4) is 5.75 Å². The molecule has 1 atom stereocenters. The maximum atomic E-state index is 9.22. The number of aliphatic hydroxyl groups is 1. The SMILES string of the molecule is COc1ccc(CO)cc1CN1CCCC(C)C1. The monoisotopic (exact) mass is 249 g/mol.